The van der Waals surface area contributed by atoms with Gasteiger partial charge >= 0.3 is 5.97 Å². The molecule has 0 bridgehead atoms. The molecule has 0 spiro atoms. The first-order valence-corrected chi connectivity index (χ1v) is 4.96. The molecule has 0 radical (unpaired) electrons. The Hall–Kier alpha value is -0.530. The summed E-state index contributed by atoms with van der Waals surface area (Å²) in [4.78, 5) is 10.7. The quantitative estimate of drug-likeness (QED) is 0.704. The van der Waals surface area contributed by atoms with Crippen molar-refractivity contribution in [1.29, 1.82) is 0 Å². The SMILES string of the molecule is CC[C@@H](CC1CCCC1)C(=O)O. The summed E-state index contributed by atoms with van der Waals surface area (Å²) in [5, 5.41) is 8.83. The van der Waals surface area contributed by atoms with Crippen LogP contribution >= 0.6 is 0 Å². The number of rotatable bonds is 4. The fraction of sp³-hybridized carbons (Fsp3) is 0.900. The first-order chi connectivity index (χ1) is 5.74. The van der Waals surface area contributed by atoms with Crippen LogP contribution in [0.1, 0.15) is 45.4 Å². The zero-order chi connectivity index (χ0) is 8.97. The Morgan fingerprint density at radius 3 is 2.50 bits per heavy atom. The normalized spacial score (nSPS) is 21.1. The van der Waals surface area contributed by atoms with Gasteiger partial charge in [0.2, 0.25) is 0 Å². The van der Waals surface area contributed by atoms with E-state index in [1.807, 2.05) is 6.92 Å². The fourth-order valence-corrected chi connectivity index (χ4v) is 2.09. The van der Waals surface area contributed by atoms with Crippen molar-refractivity contribution in [2.75, 3.05) is 0 Å². The number of hydrogen-bond acceptors (Lipinski definition) is 1. The highest BCUT2D eigenvalue weighted by Gasteiger charge is 2.22. The molecule has 2 nitrogen and oxygen atoms in total. The van der Waals surface area contributed by atoms with Gasteiger partial charge in [-0.1, -0.05) is 32.6 Å². The van der Waals surface area contributed by atoms with E-state index in [1.54, 1.807) is 0 Å². The lowest BCUT2D eigenvalue weighted by atomic mass is 9.92. The van der Waals surface area contributed by atoms with Gasteiger partial charge < -0.3 is 5.11 Å². The van der Waals surface area contributed by atoms with Gasteiger partial charge in [-0.15, -0.1) is 0 Å². The van der Waals surface area contributed by atoms with Crippen LogP contribution in [-0.2, 0) is 4.79 Å². The number of aliphatic carboxylic acids is 1. The molecule has 0 aliphatic heterocycles. The number of carboxylic acids is 1. The molecular weight excluding hydrogens is 152 g/mol. The Kier molecular flexibility index (Phi) is 3.57. The lowest BCUT2D eigenvalue weighted by Gasteiger charge is -2.14. The molecule has 1 aliphatic rings. The van der Waals surface area contributed by atoms with Gasteiger partial charge in [-0.2, -0.15) is 0 Å². The Labute approximate surface area is 74.0 Å². The van der Waals surface area contributed by atoms with Gasteiger partial charge in [0.15, 0.2) is 0 Å². The van der Waals surface area contributed by atoms with Crippen LogP contribution < -0.4 is 0 Å². The van der Waals surface area contributed by atoms with E-state index in [1.165, 1.54) is 25.7 Å². The van der Waals surface area contributed by atoms with Crippen LogP contribution in [0, 0.1) is 11.8 Å². The van der Waals surface area contributed by atoms with Crippen LogP contribution in [0.2, 0.25) is 0 Å². The topological polar surface area (TPSA) is 37.3 Å². The Balaban J connectivity index is 2.30. The van der Waals surface area contributed by atoms with Gasteiger partial charge in [-0.25, -0.2) is 0 Å². The van der Waals surface area contributed by atoms with E-state index in [9.17, 15) is 4.79 Å². The third-order valence-corrected chi connectivity index (χ3v) is 2.93. The first kappa shape index (κ1) is 9.56. The number of carboxylic acid groups (broad SMARTS) is 1. The maximum atomic E-state index is 10.7. The molecule has 0 aromatic rings. The molecule has 0 unspecified atom stereocenters. The highest BCUT2D eigenvalue weighted by molar-refractivity contribution is 5.69. The van der Waals surface area contributed by atoms with E-state index < -0.39 is 5.97 Å². The zero-order valence-electron chi connectivity index (χ0n) is 7.75. The van der Waals surface area contributed by atoms with Crippen LogP contribution in [0.4, 0.5) is 0 Å². The highest BCUT2D eigenvalue weighted by atomic mass is 16.4. The van der Waals surface area contributed by atoms with Gasteiger partial charge in [0, 0.05) is 0 Å². The minimum absolute atomic E-state index is 0.0897. The van der Waals surface area contributed by atoms with E-state index in [0.29, 0.717) is 5.92 Å². The van der Waals surface area contributed by atoms with Gasteiger partial charge in [-0.3, -0.25) is 4.79 Å². The molecule has 1 rings (SSSR count). The van der Waals surface area contributed by atoms with Gasteiger partial charge in [0.05, 0.1) is 5.92 Å². The van der Waals surface area contributed by atoms with E-state index in [-0.39, 0.29) is 5.92 Å². The Morgan fingerprint density at radius 2 is 2.08 bits per heavy atom. The second kappa shape index (κ2) is 4.48. The van der Waals surface area contributed by atoms with Gasteiger partial charge in [0.25, 0.3) is 0 Å². The second-order valence-corrected chi connectivity index (χ2v) is 3.83. The van der Waals surface area contributed by atoms with Crippen molar-refractivity contribution >= 4 is 5.97 Å². The summed E-state index contributed by atoms with van der Waals surface area (Å²) in [6.45, 7) is 1.97. The Bertz CT molecular complexity index is 148. The van der Waals surface area contributed by atoms with Crippen molar-refractivity contribution in [3.63, 3.8) is 0 Å². The van der Waals surface area contributed by atoms with E-state index in [4.69, 9.17) is 5.11 Å². The third kappa shape index (κ3) is 2.50. The molecule has 1 aliphatic carbocycles. The highest BCUT2D eigenvalue weighted by Crippen LogP contribution is 2.31. The zero-order valence-corrected chi connectivity index (χ0v) is 7.75. The van der Waals surface area contributed by atoms with Crippen molar-refractivity contribution in [2.24, 2.45) is 11.8 Å². The predicted octanol–water partition coefficient (Wildman–Crippen LogP) is 2.68. The summed E-state index contributed by atoms with van der Waals surface area (Å²) >= 11 is 0. The summed E-state index contributed by atoms with van der Waals surface area (Å²) < 4.78 is 0. The lowest BCUT2D eigenvalue weighted by molar-refractivity contribution is -0.142. The van der Waals surface area contributed by atoms with Crippen molar-refractivity contribution in [1.82, 2.24) is 0 Å². The minimum atomic E-state index is -0.607. The molecule has 1 atom stereocenters. The van der Waals surface area contributed by atoms with Gasteiger partial charge in [-0.05, 0) is 18.8 Å². The summed E-state index contributed by atoms with van der Waals surface area (Å²) in [5.41, 5.74) is 0. The smallest absolute Gasteiger partial charge is 0.306 e. The maximum Gasteiger partial charge on any atom is 0.306 e. The fourth-order valence-electron chi connectivity index (χ4n) is 2.09. The standard InChI is InChI=1S/C10H18O2/c1-2-9(10(11)12)7-8-5-3-4-6-8/h8-9H,2-7H2,1H3,(H,11,12)/t9-/m0/s1. The van der Waals surface area contributed by atoms with Crippen LogP contribution in [0.15, 0.2) is 0 Å². The monoisotopic (exact) mass is 170 g/mol. The third-order valence-electron chi connectivity index (χ3n) is 2.93. The first-order valence-electron chi connectivity index (χ1n) is 4.96. The molecule has 1 N–H and O–H groups in total. The number of hydrogen-bond donors (Lipinski definition) is 1. The minimum Gasteiger partial charge on any atom is -0.481 e. The summed E-state index contributed by atoms with van der Waals surface area (Å²) in [6, 6.07) is 0. The van der Waals surface area contributed by atoms with Crippen LogP contribution in [0.3, 0.4) is 0 Å². The average Bonchev–Trinajstić information content (AvgIpc) is 2.51. The van der Waals surface area contributed by atoms with Crippen molar-refractivity contribution in [2.45, 2.75) is 45.4 Å². The molecule has 2 heteroatoms. The molecule has 12 heavy (non-hydrogen) atoms. The van der Waals surface area contributed by atoms with Crippen molar-refractivity contribution in [3.8, 4) is 0 Å². The maximum absolute atomic E-state index is 10.7. The molecule has 0 saturated heterocycles. The van der Waals surface area contributed by atoms with Crippen LogP contribution in [0.5, 0.6) is 0 Å². The van der Waals surface area contributed by atoms with Crippen LogP contribution in [-0.4, -0.2) is 11.1 Å². The van der Waals surface area contributed by atoms with Crippen molar-refractivity contribution < 1.29 is 9.90 Å². The molecule has 0 heterocycles. The summed E-state index contributed by atoms with van der Waals surface area (Å²) in [6.07, 6.45) is 6.81. The average molecular weight is 170 g/mol. The summed E-state index contributed by atoms with van der Waals surface area (Å²) in [5.74, 6) is 0.00329. The molecule has 1 fully saturated rings. The van der Waals surface area contributed by atoms with E-state index in [2.05, 4.69) is 0 Å². The largest absolute Gasteiger partial charge is 0.481 e. The molecular formula is C10H18O2. The van der Waals surface area contributed by atoms with Crippen molar-refractivity contribution in [3.05, 3.63) is 0 Å². The molecule has 0 aromatic carbocycles. The Morgan fingerprint density at radius 1 is 1.50 bits per heavy atom. The van der Waals surface area contributed by atoms with Crippen LogP contribution in [0.25, 0.3) is 0 Å². The second-order valence-electron chi connectivity index (χ2n) is 3.83. The molecule has 1 saturated carbocycles. The number of carbonyl (C=O) groups is 1. The predicted molar refractivity (Wildman–Crippen MR) is 48.0 cm³/mol. The molecule has 70 valence electrons. The lowest BCUT2D eigenvalue weighted by Crippen LogP contribution is -2.15. The summed E-state index contributed by atoms with van der Waals surface area (Å²) in [7, 11) is 0. The van der Waals surface area contributed by atoms with Gasteiger partial charge in [0.1, 0.15) is 0 Å². The molecule has 0 amide bonds. The molecule has 0 aromatic heterocycles. The van der Waals surface area contributed by atoms with E-state index in [0.717, 1.165) is 12.8 Å². The van der Waals surface area contributed by atoms with E-state index >= 15 is 0 Å².